The third-order valence-corrected chi connectivity index (χ3v) is 0.852. The molecule has 0 aromatic carbocycles. The molecule has 1 heterocycles. The summed E-state index contributed by atoms with van der Waals surface area (Å²) in [5.74, 6) is 0.00231. The number of rotatable bonds is 0. The molecule has 1 amide bonds. The first-order chi connectivity index (χ1) is 3.29. The fraction of sp³-hybridized carbons (Fsp3) is 0.500. The van der Waals surface area contributed by atoms with Crippen molar-refractivity contribution in [2.45, 2.75) is 0 Å². The largest absolute Gasteiger partial charge is 0.289 e. The van der Waals surface area contributed by atoms with Crippen molar-refractivity contribution in [2.75, 3.05) is 13.6 Å². The smallest absolute Gasteiger partial charge is 0.239 e. The first kappa shape index (κ1) is 4.59. The highest BCUT2D eigenvalue weighted by Gasteiger charge is 2.12. The van der Waals surface area contributed by atoms with Crippen LogP contribution in [-0.4, -0.2) is 24.5 Å². The van der Waals surface area contributed by atoms with Crippen LogP contribution in [0, 0.1) is 6.42 Å². The standard InChI is InChI=1S/C4H7N2O/c1-6-3-2-4(7)5-6/h2H,3H2,1H3,(H,5,7). The summed E-state index contributed by atoms with van der Waals surface area (Å²) in [6, 6.07) is 0. The molecule has 0 saturated carbocycles. The highest BCUT2D eigenvalue weighted by atomic mass is 16.2. The minimum Gasteiger partial charge on any atom is -0.289 e. The molecule has 3 heteroatoms. The van der Waals surface area contributed by atoms with Crippen molar-refractivity contribution in [1.82, 2.24) is 10.4 Å². The predicted molar refractivity (Wildman–Crippen MR) is 25.1 cm³/mol. The van der Waals surface area contributed by atoms with Gasteiger partial charge in [0.2, 0.25) is 5.91 Å². The SMILES string of the molecule is CN1C[CH]C(=O)N1. The number of carbonyl (C=O) groups is 1. The lowest BCUT2D eigenvalue weighted by Gasteiger charge is -2.02. The van der Waals surface area contributed by atoms with E-state index >= 15 is 0 Å². The second-order valence-corrected chi connectivity index (χ2v) is 1.56. The van der Waals surface area contributed by atoms with Crippen LogP contribution in [0.15, 0.2) is 0 Å². The van der Waals surface area contributed by atoms with Crippen molar-refractivity contribution in [3.05, 3.63) is 6.42 Å². The van der Waals surface area contributed by atoms with Gasteiger partial charge in [0.25, 0.3) is 0 Å². The zero-order valence-electron chi connectivity index (χ0n) is 4.14. The molecular weight excluding hydrogens is 92.1 g/mol. The van der Waals surface area contributed by atoms with Gasteiger partial charge >= 0.3 is 0 Å². The summed E-state index contributed by atoms with van der Waals surface area (Å²) in [7, 11) is 1.82. The van der Waals surface area contributed by atoms with E-state index in [1.54, 1.807) is 11.4 Å². The van der Waals surface area contributed by atoms with Gasteiger partial charge in [-0.3, -0.25) is 10.2 Å². The van der Waals surface area contributed by atoms with Gasteiger partial charge in [0.15, 0.2) is 0 Å². The van der Waals surface area contributed by atoms with Crippen molar-refractivity contribution < 1.29 is 4.79 Å². The molecule has 1 saturated heterocycles. The van der Waals surface area contributed by atoms with Crippen molar-refractivity contribution in [2.24, 2.45) is 0 Å². The topological polar surface area (TPSA) is 32.3 Å². The van der Waals surface area contributed by atoms with Crippen molar-refractivity contribution in [3.8, 4) is 0 Å². The summed E-state index contributed by atoms with van der Waals surface area (Å²) in [6.07, 6.45) is 1.60. The number of amides is 1. The van der Waals surface area contributed by atoms with Gasteiger partial charge in [0.1, 0.15) is 0 Å². The lowest BCUT2D eigenvalue weighted by Crippen LogP contribution is -2.28. The average molecular weight is 99.1 g/mol. The van der Waals surface area contributed by atoms with Crippen LogP contribution >= 0.6 is 0 Å². The summed E-state index contributed by atoms with van der Waals surface area (Å²) < 4.78 is 0. The van der Waals surface area contributed by atoms with Crippen LogP contribution in [0.2, 0.25) is 0 Å². The number of hydrogen-bond acceptors (Lipinski definition) is 2. The van der Waals surface area contributed by atoms with Crippen LogP contribution in [0.4, 0.5) is 0 Å². The van der Waals surface area contributed by atoms with Crippen LogP contribution in [-0.2, 0) is 4.79 Å². The number of hydrazine groups is 1. The summed E-state index contributed by atoms with van der Waals surface area (Å²) in [4.78, 5) is 10.2. The first-order valence-corrected chi connectivity index (χ1v) is 2.14. The summed E-state index contributed by atoms with van der Waals surface area (Å²) >= 11 is 0. The third-order valence-electron chi connectivity index (χ3n) is 0.852. The Morgan fingerprint density at radius 1 is 2.00 bits per heavy atom. The maximum atomic E-state index is 10.2. The Hall–Kier alpha value is -0.570. The normalized spacial score (nSPS) is 22.7. The molecule has 1 radical (unpaired) electrons. The quantitative estimate of drug-likeness (QED) is 0.430. The molecule has 0 spiro atoms. The van der Waals surface area contributed by atoms with E-state index in [2.05, 4.69) is 5.43 Å². The fourth-order valence-electron chi connectivity index (χ4n) is 0.499. The molecule has 1 rings (SSSR count). The lowest BCUT2D eigenvalue weighted by molar-refractivity contribution is -0.118. The zero-order valence-corrected chi connectivity index (χ0v) is 4.14. The molecule has 1 aliphatic heterocycles. The predicted octanol–water partition coefficient (Wildman–Crippen LogP) is -0.833. The van der Waals surface area contributed by atoms with E-state index in [0.29, 0.717) is 0 Å². The molecule has 0 unspecified atom stereocenters. The highest BCUT2D eigenvalue weighted by molar-refractivity contribution is 5.86. The van der Waals surface area contributed by atoms with Crippen molar-refractivity contribution in [1.29, 1.82) is 0 Å². The molecule has 0 aromatic rings. The number of nitrogens with one attached hydrogen (secondary N) is 1. The van der Waals surface area contributed by atoms with Crippen LogP contribution < -0.4 is 5.43 Å². The molecule has 1 fully saturated rings. The van der Waals surface area contributed by atoms with E-state index in [1.165, 1.54) is 0 Å². The van der Waals surface area contributed by atoms with E-state index in [0.717, 1.165) is 6.54 Å². The Labute approximate surface area is 42.3 Å². The van der Waals surface area contributed by atoms with Gasteiger partial charge in [0, 0.05) is 13.6 Å². The molecule has 0 bridgehead atoms. The Bertz CT molecular complexity index is 91.7. The fourth-order valence-corrected chi connectivity index (χ4v) is 0.499. The first-order valence-electron chi connectivity index (χ1n) is 2.14. The molecule has 1 N–H and O–H groups in total. The highest BCUT2D eigenvalue weighted by Crippen LogP contribution is 1.89. The maximum Gasteiger partial charge on any atom is 0.239 e. The molecule has 0 atom stereocenters. The van der Waals surface area contributed by atoms with Crippen LogP contribution in [0.3, 0.4) is 0 Å². The zero-order chi connectivity index (χ0) is 5.28. The van der Waals surface area contributed by atoms with Crippen molar-refractivity contribution in [3.63, 3.8) is 0 Å². The van der Waals surface area contributed by atoms with E-state index in [-0.39, 0.29) is 5.91 Å². The number of nitrogens with zero attached hydrogens (tertiary/aromatic N) is 1. The molecule has 1 aliphatic rings. The van der Waals surface area contributed by atoms with Crippen LogP contribution in [0.5, 0.6) is 0 Å². The molecule has 0 aliphatic carbocycles. The van der Waals surface area contributed by atoms with E-state index in [1.807, 2.05) is 7.05 Å². The monoisotopic (exact) mass is 99.1 g/mol. The minimum absolute atomic E-state index is 0.00231. The molecule has 7 heavy (non-hydrogen) atoms. The summed E-state index contributed by atoms with van der Waals surface area (Å²) in [6.45, 7) is 0.721. The van der Waals surface area contributed by atoms with Crippen LogP contribution in [0.25, 0.3) is 0 Å². The van der Waals surface area contributed by atoms with Gasteiger partial charge in [-0.25, -0.2) is 5.01 Å². The average Bonchev–Trinajstić information content (AvgIpc) is 1.87. The molecular formula is C4H7N2O. The lowest BCUT2D eigenvalue weighted by atomic mass is 10.4. The molecule has 0 aromatic heterocycles. The second-order valence-electron chi connectivity index (χ2n) is 1.56. The Balaban J connectivity index is 2.40. The molecule has 3 nitrogen and oxygen atoms in total. The van der Waals surface area contributed by atoms with Gasteiger partial charge in [-0.15, -0.1) is 0 Å². The Kier molecular flexibility index (Phi) is 0.982. The summed E-state index contributed by atoms with van der Waals surface area (Å²) in [5.41, 5.74) is 2.56. The van der Waals surface area contributed by atoms with Gasteiger partial charge in [-0.05, 0) is 0 Å². The van der Waals surface area contributed by atoms with Gasteiger partial charge in [0.05, 0.1) is 6.42 Å². The van der Waals surface area contributed by atoms with Crippen LogP contribution in [0.1, 0.15) is 0 Å². The van der Waals surface area contributed by atoms with Gasteiger partial charge < -0.3 is 0 Å². The van der Waals surface area contributed by atoms with Crippen molar-refractivity contribution >= 4 is 5.91 Å². The maximum absolute atomic E-state index is 10.2. The second kappa shape index (κ2) is 1.50. The Morgan fingerprint density at radius 2 is 2.71 bits per heavy atom. The van der Waals surface area contributed by atoms with E-state index in [4.69, 9.17) is 0 Å². The van der Waals surface area contributed by atoms with Gasteiger partial charge in [-0.2, -0.15) is 0 Å². The number of carbonyl (C=O) groups excluding carboxylic acids is 1. The third kappa shape index (κ3) is 0.899. The summed E-state index contributed by atoms with van der Waals surface area (Å²) in [5, 5.41) is 1.72. The Morgan fingerprint density at radius 3 is 2.86 bits per heavy atom. The van der Waals surface area contributed by atoms with Gasteiger partial charge in [-0.1, -0.05) is 0 Å². The minimum atomic E-state index is 0.00231. The number of hydrogen-bond donors (Lipinski definition) is 1. The molecule has 39 valence electrons. The van der Waals surface area contributed by atoms with E-state index < -0.39 is 0 Å². The van der Waals surface area contributed by atoms with E-state index in [9.17, 15) is 4.79 Å².